The summed E-state index contributed by atoms with van der Waals surface area (Å²) in [6.45, 7) is 0. The Morgan fingerprint density at radius 2 is 1.51 bits per heavy atom. The number of nitrogens with zero attached hydrogens (tertiary/aromatic N) is 1. The number of pyridine rings is 1. The van der Waals surface area contributed by atoms with Gasteiger partial charge in [0.25, 0.3) is 5.56 Å². The van der Waals surface area contributed by atoms with E-state index in [0.29, 0.717) is 28.7 Å². The molecule has 0 unspecified atom stereocenters. The summed E-state index contributed by atoms with van der Waals surface area (Å²) in [5, 5.41) is 10.7. The average Bonchev–Trinajstić information content (AvgIpc) is 2.87. The van der Waals surface area contributed by atoms with Crippen molar-refractivity contribution in [2.24, 2.45) is 0 Å². The fraction of sp³-hybridized carbons (Fsp3) is 0.0370. The van der Waals surface area contributed by atoms with Gasteiger partial charge in [-0.05, 0) is 54.1 Å². The number of hydrogen-bond acceptors (Lipinski definition) is 5. The van der Waals surface area contributed by atoms with Gasteiger partial charge in [-0.3, -0.25) is 9.36 Å². The summed E-state index contributed by atoms with van der Waals surface area (Å²) >= 11 is 0.667. The van der Waals surface area contributed by atoms with Crippen molar-refractivity contribution in [3.8, 4) is 22.7 Å². The van der Waals surface area contributed by atoms with E-state index in [0.717, 1.165) is 24.3 Å². The quantitative estimate of drug-likeness (QED) is 0.267. The molecule has 1 N–H and O–H groups in total. The minimum atomic E-state index is -4.53. The van der Waals surface area contributed by atoms with Crippen LogP contribution in [0.4, 0.5) is 17.6 Å². The highest BCUT2D eigenvalue weighted by atomic mass is 32.2. The molecule has 0 atom stereocenters. The molecule has 3 aromatic carbocycles. The second kappa shape index (κ2) is 9.29. The van der Waals surface area contributed by atoms with Crippen molar-refractivity contribution >= 4 is 22.7 Å². The predicted octanol–water partition coefficient (Wildman–Crippen LogP) is 6.63. The lowest BCUT2D eigenvalue weighted by Gasteiger charge is -2.15. The van der Waals surface area contributed by atoms with Crippen LogP contribution in [0.25, 0.3) is 27.9 Å². The van der Waals surface area contributed by atoms with Crippen molar-refractivity contribution in [2.75, 3.05) is 0 Å². The summed E-state index contributed by atoms with van der Waals surface area (Å²) in [5.74, 6) is -1.18. The lowest BCUT2D eigenvalue weighted by atomic mass is 10.1. The monoisotopic (exact) mass is 525 g/mol. The Hall–Kier alpha value is -4.31. The van der Waals surface area contributed by atoms with Crippen LogP contribution in [0.3, 0.4) is 0 Å². The van der Waals surface area contributed by atoms with Gasteiger partial charge in [0.05, 0.1) is 11.3 Å². The van der Waals surface area contributed by atoms with E-state index in [1.54, 1.807) is 30.3 Å². The maximum Gasteiger partial charge on any atom is 0.416 e. The Bertz CT molecular complexity index is 1730. The predicted molar refractivity (Wildman–Crippen MR) is 131 cm³/mol. The van der Waals surface area contributed by atoms with Crippen LogP contribution >= 0.6 is 11.8 Å². The largest absolute Gasteiger partial charge is 0.505 e. The van der Waals surface area contributed by atoms with Gasteiger partial charge in [0.15, 0.2) is 5.75 Å². The Balaban J connectivity index is 1.72. The molecule has 0 saturated heterocycles. The third kappa shape index (κ3) is 4.63. The van der Waals surface area contributed by atoms with Gasteiger partial charge in [-0.15, -0.1) is 0 Å². The number of halogens is 4. The molecular formula is C27H15F4NO4S. The van der Waals surface area contributed by atoms with Crippen LogP contribution in [0.5, 0.6) is 5.75 Å². The summed E-state index contributed by atoms with van der Waals surface area (Å²) in [6, 6.07) is 19.3. The molecule has 2 heterocycles. The highest BCUT2D eigenvalue weighted by Gasteiger charge is 2.30. The maximum absolute atomic E-state index is 13.7. The molecule has 37 heavy (non-hydrogen) atoms. The first-order valence-electron chi connectivity index (χ1n) is 10.8. The van der Waals surface area contributed by atoms with E-state index in [4.69, 9.17) is 4.42 Å². The second-order valence-electron chi connectivity index (χ2n) is 7.94. The van der Waals surface area contributed by atoms with Gasteiger partial charge in [0.1, 0.15) is 21.7 Å². The van der Waals surface area contributed by atoms with Crippen LogP contribution in [-0.2, 0) is 6.18 Å². The Labute approximate surface area is 210 Å². The number of hydrogen-bond donors (Lipinski definition) is 1. The van der Waals surface area contributed by atoms with Crippen LogP contribution in [0.15, 0.2) is 109 Å². The normalized spacial score (nSPS) is 11.7. The van der Waals surface area contributed by atoms with E-state index in [-0.39, 0.29) is 20.8 Å². The molecule has 0 aliphatic heterocycles. The lowest BCUT2D eigenvalue weighted by Crippen LogP contribution is -2.21. The van der Waals surface area contributed by atoms with Crippen LogP contribution in [0, 0.1) is 5.82 Å². The smallest absolute Gasteiger partial charge is 0.416 e. The van der Waals surface area contributed by atoms with Crippen molar-refractivity contribution in [1.82, 2.24) is 4.57 Å². The fourth-order valence-electron chi connectivity index (χ4n) is 3.83. The number of aromatic hydroxyl groups is 1. The SMILES string of the molecule is O=c1oc2cc(-c3ccccc3)n(-c3ccc(F)cc3)c(=O)c2c(O)c1Sc1ccc(C(F)(F)F)cc1. The molecule has 5 rings (SSSR count). The van der Waals surface area contributed by atoms with Crippen molar-refractivity contribution in [3.05, 3.63) is 117 Å². The van der Waals surface area contributed by atoms with E-state index in [2.05, 4.69) is 0 Å². The highest BCUT2D eigenvalue weighted by Crippen LogP contribution is 2.38. The average molecular weight is 525 g/mol. The van der Waals surface area contributed by atoms with Gasteiger partial charge < -0.3 is 9.52 Å². The van der Waals surface area contributed by atoms with Crippen molar-refractivity contribution in [2.45, 2.75) is 16.0 Å². The Morgan fingerprint density at radius 1 is 0.865 bits per heavy atom. The second-order valence-corrected chi connectivity index (χ2v) is 9.03. The minimum absolute atomic E-state index is 0.179. The first-order valence-corrected chi connectivity index (χ1v) is 11.6. The molecule has 5 aromatic rings. The molecule has 0 spiro atoms. The van der Waals surface area contributed by atoms with Gasteiger partial charge >= 0.3 is 11.8 Å². The standard InChI is InChI=1S/C27H15F4NO4S/c28-17-8-10-18(11-9-17)32-20(15-4-2-1-3-5-15)14-21-22(25(32)34)23(33)24(26(35)36-21)37-19-12-6-16(7-13-19)27(29,30)31/h1-14,33H. The summed E-state index contributed by atoms with van der Waals surface area (Å²) in [7, 11) is 0. The molecule has 10 heteroatoms. The van der Waals surface area contributed by atoms with E-state index in [9.17, 15) is 32.3 Å². The summed E-state index contributed by atoms with van der Waals surface area (Å²) < 4.78 is 58.9. The van der Waals surface area contributed by atoms with Crippen LogP contribution < -0.4 is 11.2 Å². The van der Waals surface area contributed by atoms with E-state index >= 15 is 0 Å². The van der Waals surface area contributed by atoms with Gasteiger partial charge in [-0.1, -0.05) is 42.1 Å². The first-order chi connectivity index (χ1) is 17.6. The molecule has 2 aromatic heterocycles. The zero-order valence-corrected chi connectivity index (χ0v) is 19.4. The molecule has 186 valence electrons. The van der Waals surface area contributed by atoms with E-state index in [1.165, 1.54) is 34.9 Å². The highest BCUT2D eigenvalue weighted by molar-refractivity contribution is 7.99. The molecule has 0 bridgehead atoms. The summed E-state index contributed by atoms with van der Waals surface area (Å²) in [4.78, 5) is 26.3. The van der Waals surface area contributed by atoms with Gasteiger partial charge in [0.2, 0.25) is 0 Å². The summed E-state index contributed by atoms with van der Waals surface area (Å²) in [6.07, 6.45) is -4.53. The van der Waals surface area contributed by atoms with Gasteiger partial charge in [-0.25, -0.2) is 9.18 Å². The zero-order chi connectivity index (χ0) is 26.3. The lowest BCUT2D eigenvalue weighted by molar-refractivity contribution is -0.137. The van der Waals surface area contributed by atoms with Crippen LogP contribution in [0.1, 0.15) is 5.56 Å². The third-order valence-corrected chi connectivity index (χ3v) is 6.64. The van der Waals surface area contributed by atoms with E-state index < -0.39 is 34.5 Å². The molecule has 0 fully saturated rings. The molecule has 0 aliphatic carbocycles. The topological polar surface area (TPSA) is 72.4 Å². The van der Waals surface area contributed by atoms with Crippen LogP contribution in [0.2, 0.25) is 0 Å². The third-order valence-electron chi connectivity index (χ3n) is 5.57. The number of alkyl halides is 3. The molecule has 0 radical (unpaired) electrons. The zero-order valence-electron chi connectivity index (χ0n) is 18.6. The molecule has 0 saturated carbocycles. The van der Waals surface area contributed by atoms with Gasteiger partial charge in [-0.2, -0.15) is 13.2 Å². The summed E-state index contributed by atoms with van der Waals surface area (Å²) in [5.41, 5.74) is -1.53. The number of fused-ring (bicyclic) bond motifs is 1. The molecule has 0 amide bonds. The molecular weight excluding hydrogens is 510 g/mol. The number of benzene rings is 3. The van der Waals surface area contributed by atoms with Crippen LogP contribution in [-0.4, -0.2) is 9.67 Å². The maximum atomic E-state index is 13.7. The minimum Gasteiger partial charge on any atom is -0.505 e. The first kappa shape index (κ1) is 24.4. The molecule has 5 nitrogen and oxygen atoms in total. The number of aromatic nitrogens is 1. The Kier molecular flexibility index (Phi) is 6.12. The van der Waals surface area contributed by atoms with Crippen molar-refractivity contribution in [1.29, 1.82) is 0 Å². The van der Waals surface area contributed by atoms with Gasteiger partial charge in [0, 0.05) is 16.6 Å². The Morgan fingerprint density at radius 3 is 2.14 bits per heavy atom. The molecule has 0 aliphatic rings. The number of rotatable bonds is 4. The van der Waals surface area contributed by atoms with E-state index in [1.807, 2.05) is 0 Å². The fourth-order valence-corrected chi connectivity index (χ4v) is 4.66. The van der Waals surface area contributed by atoms with Crippen molar-refractivity contribution < 1.29 is 27.1 Å². The van der Waals surface area contributed by atoms with Crippen molar-refractivity contribution in [3.63, 3.8) is 0 Å².